The van der Waals surface area contributed by atoms with Crippen molar-refractivity contribution in [2.24, 2.45) is 5.92 Å². The standard InChI is InChI=1S/C10H15BO/c1-12-8-3-2-5-9-6-4-7-10(9)11/h9-10H,4-8H2,1H3. The lowest BCUT2D eigenvalue weighted by atomic mass is 9.78. The molecule has 0 aromatic heterocycles. The van der Waals surface area contributed by atoms with E-state index in [-0.39, 0.29) is 0 Å². The number of hydrogen-bond acceptors (Lipinski definition) is 1. The molecule has 1 aliphatic rings. The lowest BCUT2D eigenvalue weighted by molar-refractivity contribution is 0.239. The minimum atomic E-state index is 0.391. The summed E-state index contributed by atoms with van der Waals surface area (Å²) in [5.41, 5.74) is 0. The van der Waals surface area contributed by atoms with Gasteiger partial charge in [0.2, 0.25) is 0 Å². The predicted molar refractivity (Wildman–Crippen MR) is 51.1 cm³/mol. The SMILES string of the molecule is [B]C1CCCC1CC#CCOC. The molecule has 1 aliphatic carbocycles. The third-order valence-electron chi connectivity index (χ3n) is 2.42. The van der Waals surface area contributed by atoms with Crippen LogP contribution in [-0.4, -0.2) is 21.6 Å². The molecule has 0 spiro atoms. The van der Waals surface area contributed by atoms with Crippen LogP contribution in [0.2, 0.25) is 5.82 Å². The topological polar surface area (TPSA) is 9.23 Å². The number of methoxy groups -OCH3 is 1. The Morgan fingerprint density at radius 2 is 2.25 bits per heavy atom. The molecule has 0 saturated heterocycles. The van der Waals surface area contributed by atoms with E-state index in [1.807, 2.05) is 0 Å². The smallest absolute Gasteiger partial charge is 0.107 e. The molecule has 2 radical (unpaired) electrons. The fourth-order valence-electron chi connectivity index (χ4n) is 1.65. The van der Waals surface area contributed by atoms with Crippen LogP contribution in [-0.2, 0) is 4.74 Å². The molecular weight excluding hydrogens is 147 g/mol. The van der Waals surface area contributed by atoms with Crippen molar-refractivity contribution in [2.75, 3.05) is 13.7 Å². The monoisotopic (exact) mass is 162 g/mol. The van der Waals surface area contributed by atoms with E-state index in [0.717, 1.165) is 6.42 Å². The highest BCUT2D eigenvalue weighted by Gasteiger charge is 2.21. The zero-order chi connectivity index (χ0) is 8.81. The summed E-state index contributed by atoms with van der Waals surface area (Å²) in [6.07, 6.45) is 4.65. The summed E-state index contributed by atoms with van der Waals surface area (Å²) in [4.78, 5) is 0. The first-order valence-corrected chi connectivity index (χ1v) is 4.55. The number of hydrogen-bond donors (Lipinski definition) is 0. The summed E-state index contributed by atoms with van der Waals surface area (Å²) in [7, 11) is 7.56. The van der Waals surface area contributed by atoms with Gasteiger partial charge in [-0.1, -0.05) is 24.6 Å². The molecule has 0 aromatic rings. The minimum absolute atomic E-state index is 0.391. The second-order valence-corrected chi connectivity index (χ2v) is 3.35. The Kier molecular flexibility index (Phi) is 4.25. The summed E-state index contributed by atoms with van der Waals surface area (Å²) < 4.78 is 4.83. The van der Waals surface area contributed by atoms with Crippen LogP contribution in [0.15, 0.2) is 0 Å². The highest BCUT2D eigenvalue weighted by atomic mass is 16.5. The van der Waals surface area contributed by atoms with E-state index < -0.39 is 0 Å². The van der Waals surface area contributed by atoms with Crippen LogP contribution in [0.4, 0.5) is 0 Å². The maximum Gasteiger partial charge on any atom is 0.107 e. The van der Waals surface area contributed by atoms with Crippen molar-refractivity contribution < 1.29 is 4.74 Å². The summed E-state index contributed by atoms with van der Waals surface area (Å²) in [6.45, 7) is 0.544. The maximum absolute atomic E-state index is 5.89. The normalized spacial score (nSPS) is 28.1. The fourth-order valence-corrected chi connectivity index (χ4v) is 1.65. The Bertz CT molecular complexity index is 180. The van der Waals surface area contributed by atoms with Gasteiger partial charge in [-0.3, -0.25) is 0 Å². The molecule has 1 saturated carbocycles. The Balaban J connectivity index is 2.19. The van der Waals surface area contributed by atoms with Gasteiger partial charge in [-0.2, -0.15) is 0 Å². The Morgan fingerprint density at radius 3 is 2.83 bits per heavy atom. The molecule has 2 unspecified atom stereocenters. The van der Waals surface area contributed by atoms with Crippen molar-refractivity contribution >= 4 is 7.85 Å². The van der Waals surface area contributed by atoms with Gasteiger partial charge in [0.1, 0.15) is 6.61 Å². The zero-order valence-corrected chi connectivity index (χ0v) is 7.68. The minimum Gasteiger partial charge on any atom is -0.372 e. The third-order valence-corrected chi connectivity index (χ3v) is 2.42. The molecule has 0 heterocycles. The Labute approximate surface area is 76.3 Å². The molecule has 0 amide bonds. The second kappa shape index (κ2) is 5.27. The lowest BCUT2D eigenvalue weighted by Crippen LogP contribution is -2.00. The van der Waals surface area contributed by atoms with Crippen LogP contribution in [0.1, 0.15) is 25.7 Å². The first-order chi connectivity index (χ1) is 5.84. The van der Waals surface area contributed by atoms with E-state index >= 15 is 0 Å². The highest BCUT2D eigenvalue weighted by molar-refractivity contribution is 6.12. The Hall–Kier alpha value is -0.415. The van der Waals surface area contributed by atoms with E-state index in [1.54, 1.807) is 7.11 Å². The van der Waals surface area contributed by atoms with Crippen LogP contribution in [0.5, 0.6) is 0 Å². The molecule has 0 bridgehead atoms. The van der Waals surface area contributed by atoms with E-state index in [0.29, 0.717) is 18.3 Å². The molecule has 2 heteroatoms. The van der Waals surface area contributed by atoms with Gasteiger partial charge in [-0.25, -0.2) is 0 Å². The molecule has 1 fully saturated rings. The van der Waals surface area contributed by atoms with Crippen molar-refractivity contribution in [1.82, 2.24) is 0 Å². The van der Waals surface area contributed by atoms with Gasteiger partial charge >= 0.3 is 0 Å². The van der Waals surface area contributed by atoms with E-state index in [9.17, 15) is 0 Å². The van der Waals surface area contributed by atoms with Crippen molar-refractivity contribution in [1.29, 1.82) is 0 Å². The first-order valence-electron chi connectivity index (χ1n) is 4.55. The second-order valence-electron chi connectivity index (χ2n) is 3.35. The largest absolute Gasteiger partial charge is 0.372 e. The van der Waals surface area contributed by atoms with Crippen molar-refractivity contribution in [3.8, 4) is 11.8 Å². The molecule has 0 aromatic carbocycles. The third kappa shape index (κ3) is 2.91. The Morgan fingerprint density at radius 1 is 1.42 bits per heavy atom. The predicted octanol–water partition coefficient (Wildman–Crippen LogP) is 1.78. The molecule has 12 heavy (non-hydrogen) atoms. The lowest BCUT2D eigenvalue weighted by Gasteiger charge is -2.10. The van der Waals surface area contributed by atoms with Gasteiger partial charge in [-0.05, 0) is 12.3 Å². The summed E-state index contributed by atoms with van der Waals surface area (Å²) in [5, 5.41) is 0. The molecule has 0 N–H and O–H groups in total. The maximum atomic E-state index is 5.89. The van der Waals surface area contributed by atoms with E-state index in [1.165, 1.54) is 19.3 Å². The molecule has 1 rings (SSSR count). The van der Waals surface area contributed by atoms with Gasteiger partial charge in [0, 0.05) is 13.5 Å². The quantitative estimate of drug-likeness (QED) is 0.444. The van der Waals surface area contributed by atoms with Crippen LogP contribution >= 0.6 is 0 Å². The van der Waals surface area contributed by atoms with Gasteiger partial charge in [0.05, 0.1) is 7.85 Å². The summed E-state index contributed by atoms with van der Waals surface area (Å²) >= 11 is 0. The zero-order valence-electron chi connectivity index (χ0n) is 7.68. The number of ether oxygens (including phenoxy) is 1. The highest BCUT2D eigenvalue weighted by Crippen LogP contribution is 2.35. The average molecular weight is 162 g/mol. The van der Waals surface area contributed by atoms with Crippen molar-refractivity contribution in [2.45, 2.75) is 31.5 Å². The van der Waals surface area contributed by atoms with Gasteiger partial charge < -0.3 is 4.74 Å². The molecule has 0 aliphatic heterocycles. The molecule has 64 valence electrons. The van der Waals surface area contributed by atoms with E-state index in [2.05, 4.69) is 11.8 Å². The van der Waals surface area contributed by atoms with Crippen LogP contribution < -0.4 is 0 Å². The van der Waals surface area contributed by atoms with Crippen LogP contribution in [0.25, 0.3) is 0 Å². The molecule has 2 atom stereocenters. The number of rotatable bonds is 2. The fraction of sp³-hybridized carbons (Fsp3) is 0.800. The van der Waals surface area contributed by atoms with Gasteiger partial charge in [0.25, 0.3) is 0 Å². The first kappa shape index (κ1) is 9.67. The molecule has 1 nitrogen and oxygen atoms in total. The van der Waals surface area contributed by atoms with Crippen molar-refractivity contribution in [3.05, 3.63) is 0 Å². The van der Waals surface area contributed by atoms with Crippen LogP contribution in [0.3, 0.4) is 0 Å². The molecular formula is C10H15BO. The van der Waals surface area contributed by atoms with Gasteiger partial charge in [-0.15, -0.1) is 5.92 Å². The van der Waals surface area contributed by atoms with Crippen LogP contribution in [0, 0.1) is 17.8 Å². The summed E-state index contributed by atoms with van der Waals surface area (Å²) in [6, 6.07) is 0. The summed E-state index contributed by atoms with van der Waals surface area (Å²) in [5.74, 6) is 7.08. The van der Waals surface area contributed by atoms with E-state index in [4.69, 9.17) is 12.6 Å². The van der Waals surface area contributed by atoms with Gasteiger partial charge in [0.15, 0.2) is 0 Å². The van der Waals surface area contributed by atoms with Crippen molar-refractivity contribution in [3.63, 3.8) is 0 Å². The average Bonchev–Trinajstić information content (AvgIpc) is 2.46.